The largest absolute Gasteiger partial charge is 0.399 e. The van der Waals surface area contributed by atoms with Gasteiger partial charge >= 0.3 is 0 Å². The van der Waals surface area contributed by atoms with Crippen LogP contribution in [0.1, 0.15) is 5.56 Å². The standard InChI is InChI=1S/C17H21N3O/c1-19(12-14-6-4-3-5-7-14)13-17(21)20(2)16-10-8-15(18)9-11-16/h3-11H,12-13,18H2,1-2H3. The number of nitrogen functional groups attached to an aromatic ring is 1. The molecule has 0 radical (unpaired) electrons. The molecule has 0 spiro atoms. The zero-order valence-corrected chi connectivity index (χ0v) is 12.5. The zero-order valence-electron chi connectivity index (χ0n) is 12.5. The maximum Gasteiger partial charge on any atom is 0.240 e. The third-order valence-corrected chi connectivity index (χ3v) is 3.35. The summed E-state index contributed by atoms with van der Waals surface area (Å²) < 4.78 is 0. The van der Waals surface area contributed by atoms with E-state index in [0.29, 0.717) is 12.2 Å². The maximum atomic E-state index is 12.3. The van der Waals surface area contributed by atoms with Crippen molar-refractivity contribution in [2.45, 2.75) is 6.54 Å². The van der Waals surface area contributed by atoms with Gasteiger partial charge in [-0.05, 0) is 36.9 Å². The molecule has 0 fully saturated rings. The predicted molar refractivity (Wildman–Crippen MR) is 87.0 cm³/mol. The van der Waals surface area contributed by atoms with Gasteiger partial charge in [0.2, 0.25) is 5.91 Å². The molecule has 0 aromatic heterocycles. The van der Waals surface area contributed by atoms with E-state index in [2.05, 4.69) is 12.1 Å². The van der Waals surface area contributed by atoms with Gasteiger partial charge in [0, 0.05) is 25.0 Å². The Bertz CT molecular complexity index is 581. The number of hydrogen-bond donors (Lipinski definition) is 1. The van der Waals surface area contributed by atoms with Gasteiger partial charge in [-0.2, -0.15) is 0 Å². The lowest BCUT2D eigenvalue weighted by Crippen LogP contribution is -2.36. The van der Waals surface area contributed by atoms with E-state index in [4.69, 9.17) is 5.73 Å². The van der Waals surface area contributed by atoms with Gasteiger partial charge in [-0.15, -0.1) is 0 Å². The molecule has 0 bridgehead atoms. The van der Waals surface area contributed by atoms with Gasteiger partial charge in [0.1, 0.15) is 0 Å². The third kappa shape index (κ3) is 4.33. The lowest BCUT2D eigenvalue weighted by molar-refractivity contribution is -0.119. The van der Waals surface area contributed by atoms with Crippen molar-refractivity contribution in [2.24, 2.45) is 0 Å². The van der Waals surface area contributed by atoms with E-state index < -0.39 is 0 Å². The topological polar surface area (TPSA) is 49.6 Å². The van der Waals surface area contributed by atoms with Crippen LogP contribution in [0.4, 0.5) is 11.4 Å². The summed E-state index contributed by atoms with van der Waals surface area (Å²) >= 11 is 0. The van der Waals surface area contributed by atoms with Gasteiger partial charge in [-0.1, -0.05) is 30.3 Å². The molecule has 0 saturated heterocycles. The number of amides is 1. The summed E-state index contributed by atoms with van der Waals surface area (Å²) in [7, 11) is 3.73. The highest BCUT2D eigenvalue weighted by molar-refractivity contribution is 5.94. The monoisotopic (exact) mass is 283 g/mol. The van der Waals surface area contributed by atoms with E-state index in [1.165, 1.54) is 5.56 Å². The van der Waals surface area contributed by atoms with Crippen LogP contribution in [-0.2, 0) is 11.3 Å². The van der Waals surface area contributed by atoms with E-state index >= 15 is 0 Å². The first-order chi connectivity index (χ1) is 10.1. The molecule has 4 nitrogen and oxygen atoms in total. The molecule has 0 aliphatic rings. The Morgan fingerprint density at radius 2 is 1.62 bits per heavy atom. The number of anilines is 2. The fourth-order valence-electron chi connectivity index (χ4n) is 2.13. The van der Waals surface area contributed by atoms with Gasteiger partial charge in [-0.3, -0.25) is 9.69 Å². The predicted octanol–water partition coefficient (Wildman–Crippen LogP) is 2.36. The molecule has 0 unspecified atom stereocenters. The molecule has 2 aromatic carbocycles. The van der Waals surface area contributed by atoms with Crippen molar-refractivity contribution in [3.8, 4) is 0 Å². The summed E-state index contributed by atoms with van der Waals surface area (Å²) in [5.41, 5.74) is 8.40. The van der Waals surface area contributed by atoms with Gasteiger partial charge in [0.05, 0.1) is 6.54 Å². The van der Waals surface area contributed by atoms with Gasteiger partial charge in [0.15, 0.2) is 0 Å². The van der Waals surface area contributed by atoms with Crippen LogP contribution >= 0.6 is 0 Å². The summed E-state index contributed by atoms with van der Waals surface area (Å²) in [6, 6.07) is 17.4. The number of hydrogen-bond acceptors (Lipinski definition) is 3. The SMILES string of the molecule is CN(CC(=O)N(C)c1ccc(N)cc1)Cc1ccccc1. The van der Waals surface area contributed by atoms with E-state index in [1.807, 2.05) is 42.3 Å². The summed E-state index contributed by atoms with van der Waals surface area (Å²) in [5, 5.41) is 0. The van der Waals surface area contributed by atoms with Crippen LogP contribution < -0.4 is 10.6 Å². The Kier molecular flexibility index (Phi) is 4.95. The Labute approximate surface area is 125 Å². The lowest BCUT2D eigenvalue weighted by Gasteiger charge is -2.22. The Morgan fingerprint density at radius 1 is 1.00 bits per heavy atom. The van der Waals surface area contributed by atoms with Crippen molar-refractivity contribution in [2.75, 3.05) is 31.3 Å². The van der Waals surface area contributed by atoms with Crippen molar-refractivity contribution in [3.63, 3.8) is 0 Å². The first-order valence-electron chi connectivity index (χ1n) is 6.91. The van der Waals surface area contributed by atoms with E-state index in [0.717, 1.165) is 12.2 Å². The highest BCUT2D eigenvalue weighted by Crippen LogP contribution is 2.15. The summed E-state index contributed by atoms with van der Waals surface area (Å²) in [6.07, 6.45) is 0. The summed E-state index contributed by atoms with van der Waals surface area (Å²) in [5.74, 6) is 0.0539. The molecular formula is C17H21N3O. The highest BCUT2D eigenvalue weighted by atomic mass is 16.2. The molecule has 0 aliphatic heterocycles. The van der Waals surface area contributed by atoms with Crippen molar-refractivity contribution in [3.05, 3.63) is 60.2 Å². The van der Waals surface area contributed by atoms with Crippen molar-refractivity contribution in [1.82, 2.24) is 4.90 Å². The van der Waals surface area contributed by atoms with Crippen LogP contribution in [0.25, 0.3) is 0 Å². The molecule has 110 valence electrons. The molecule has 0 saturated carbocycles. The number of likely N-dealkylation sites (N-methyl/N-ethyl adjacent to an activating group) is 2. The van der Waals surface area contributed by atoms with Crippen molar-refractivity contribution < 1.29 is 4.79 Å². The molecule has 0 heterocycles. The van der Waals surface area contributed by atoms with Crippen LogP contribution in [-0.4, -0.2) is 31.4 Å². The van der Waals surface area contributed by atoms with Gasteiger partial charge in [-0.25, -0.2) is 0 Å². The minimum atomic E-state index is 0.0539. The fourth-order valence-corrected chi connectivity index (χ4v) is 2.13. The molecule has 0 atom stereocenters. The number of rotatable bonds is 5. The second-order valence-electron chi connectivity index (χ2n) is 5.20. The molecule has 1 amide bonds. The molecular weight excluding hydrogens is 262 g/mol. The highest BCUT2D eigenvalue weighted by Gasteiger charge is 2.13. The number of benzene rings is 2. The zero-order chi connectivity index (χ0) is 15.2. The van der Waals surface area contributed by atoms with E-state index in [9.17, 15) is 4.79 Å². The van der Waals surface area contributed by atoms with Gasteiger partial charge < -0.3 is 10.6 Å². The normalized spacial score (nSPS) is 10.6. The molecule has 2 N–H and O–H groups in total. The Hall–Kier alpha value is -2.33. The second-order valence-corrected chi connectivity index (χ2v) is 5.20. The van der Waals surface area contributed by atoms with Crippen molar-refractivity contribution >= 4 is 17.3 Å². The average Bonchev–Trinajstić information content (AvgIpc) is 2.48. The van der Waals surface area contributed by atoms with Gasteiger partial charge in [0.25, 0.3) is 0 Å². The minimum Gasteiger partial charge on any atom is -0.399 e. The van der Waals surface area contributed by atoms with Crippen LogP contribution in [0.5, 0.6) is 0 Å². The number of carbonyl (C=O) groups is 1. The Morgan fingerprint density at radius 3 is 2.24 bits per heavy atom. The molecule has 2 aromatic rings. The summed E-state index contributed by atoms with van der Waals surface area (Å²) in [6.45, 7) is 1.12. The first-order valence-corrected chi connectivity index (χ1v) is 6.91. The fraction of sp³-hybridized carbons (Fsp3) is 0.235. The Balaban J connectivity index is 1.92. The van der Waals surface area contributed by atoms with Crippen molar-refractivity contribution in [1.29, 1.82) is 0 Å². The van der Waals surface area contributed by atoms with Crippen LogP contribution in [0, 0.1) is 0 Å². The molecule has 0 aliphatic carbocycles. The van der Waals surface area contributed by atoms with Crippen LogP contribution in [0.15, 0.2) is 54.6 Å². The first kappa shape index (κ1) is 15.1. The second kappa shape index (κ2) is 6.90. The average molecular weight is 283 g/mol. The van der Waals surface area contributed by atoms with E-state index in [1.54, 1.807) is 24.1 Å². The molecule has 21 heavy (non-hydrogen) atoms. The maximum absolute atomic E-state index is 12.3. The molecule has 4 heteroatoms. The lowest BCUT2D eigenvalue weighted by atomic mass is 10.2. The summed E-state index contributed by atoms with van der Waals surface area (Å²) in [4.78, 5) is 15.9. The minimum absolute atomic E-state index is 0.0539. The van der Waals surface area contributed by atoms with Crippen LogP contribution in [0.2, 0.25) is 0 Å². The third-order valence-electron chi connectivity index (χ3n) is 3.35. The quantitative estimate of drug-likeness (QED) is 0.857. The molecule has 2 rings (SSSR count). The number of nitrogens with zero attached hydrogens (tertiary/aromatic N) is 2. The smallest absolute Gasteiger partial charge is 0.240 e. The van der Waals surface area contributed by atoms with Crippen LogP contribution in [0.3, 0.4) is 0 Å². The number of nitrogens with two attached hydrogens (primary N) is 1. The number of carbonyl (C=O) groups excluding carboxylic acids is 1. The van der Waals surface area contributed by atoms with E-state index in [-0.39, 0.29) is 5.91 Å².